The van der Waals surface area contributed by atoms with Gasteiger partial charge in [0.25, 0.3) is 0 Å². The average Bonchev–Trinajstić information content (AvgIpc) is 3.10. The molecule has 112 valence electrons. The van der Waals surface area contributed by atoms with E-state index < -0.39 is 10.0 Å². The van der Waals surface area contributed by atoms with Crippen molar-refractivity contribution in [2.45, 2.75) is 51.0 Å². The smallest absolute Gasteiger partial charge is 0.241 e. The van der Waals surface area contributed by atoms with Crippen molar-refractivity contribution in [3.8, 4) is 0 Å². The van der Waals surface area contributed by atoms with Crippen LogP contribution in [0.4, 0.5) is 5.69 Å². The highest BCUT2D eigenvalue weighted by molar-refractivity contribution is 7.89. The summed E-state index contributed by atoms with van der Waals surface area (Å²) in [6.07, 6.45) is 3.36. The first-order valence-electron chi connectivity index (χ1n) is 6.93. The first kappa shape index (κ1) is 15.3. The van der Waals surface area contributed by atoms with Gasteiger partial charge in [-0.1, -0.05) is 12.8 Å². The highest BCUT2D eigenvalue weighted by atomic mass is 32.2. The lowest BCUT2D eigenvalue weighted by atomic mass is 10.1. The van der Waals surface area contributed by atoms with Crippen LogP contribution >= 0.6 is 0 Å². The summed E-state index contributed by atoms with van der Waals surface area (Å²) in [5, 5.41) is 0. The zero-order valence-electron chi connectivity index (χ0n) is 12.2. The number of hydrogen-bond acceptors (Lipinski definition) is 4. The number of sulfonamides is 1. The normalized spacial score (nSPS) is 17.0. The standard InChI is InChI=1S/C14H23N3O2S/c1-9-6-13(16-15)7-10(2)14(9)20(18,19)17-11(3)8-12-4-5-12/h6-7,11-12,16-17H,4-5,8,15H2,1-3H3. The molecule has 0 saturated heterocycles. The van der Waals surface area contributed by atoms with Crippen LogP contribution in [0.2, 0.25) is 0 Å². The fraction of sp³-hybridized carbons (Fsp3) is 0.571. The first-order chi connectivity index (χ1) is 9.33. The topological polar surface area (TPSA) is 84.2 Å². The lowest BCUT2D eigenvalue weighted by Crippen LogP contribution is -2.33. The van der Waals surface area contributed by atoms with Crippen LogP contribution in [0.3, 0.4) is 0 Å². The van der Waals surface area contributed by atoms with Gasteiger partial charge in [-0.05, 0) is 56.4 Å². The summed E-state index contributed by atoms with van der Waals surface area (Å²) in [6, 6.07) is 3.46. The average molecular weight is 297 g/mol. The maximum atomic E-state index is 12.5. The number of aryl methyl sites for hydroxylation is 2. The van der Waals surface area contributed by atoms with Crippen LogP contribution in [0.25, 0.3) is 0 Å². The number of hydrazine groups is 1. The van der Waals surface area contributed by atoms with Gasteiger partial charge >= 0.3 is 0 Å². The third-order valence-electron chi connectivity index (χ3n) is 3.64. The number of rotatable bonds is 6. The molecule has 1 atom stereocenters. The van der Waals surface area contributed by atoms with Gasteiger partial charge in [-0.15, -0.1) is 0 Å². The summed E-state index contributed by atoms with van der Waals surface area (Å²) in [6.45, 7) is 5.50. The van der Waals surface area contributed by atoms with Gasteiger partial charge in [0, 0.05) is 11.7 Å². The number of nitrogens with two attached hydrogens (primary N) is 1. The van der Waals surface area contributed by atoms with Crippen molar-refractivity contribution >= 4 is 15.7 Å². The SMILES string of the molecule is Cc1cc(NN)cc(C)c1S(=O)(=O)NC(C)CC1CC1. The van der Waals surface area contributed by atoms with Crippen LogP contribution in [-0.4, -0.2) is 14.5 Å². The summed E-state index contributed by atoms with van der Waals surface area (Å²) < 4.78 is 27.8. The molecular weight excluding hydrogens is 274 g/mol. The molecule has 4 N–H and O–H groups in total. The molecule has 1 aliphatic rings. The Hall–Kier alpha value is -1.11. The highest BCUT2D eigenvalue weighted by Gasteiger charge is 2.27. The molecule has 0 radical (unpaired) electrons. The largest absolute Gasteiger partial charge is 0.324 e. The molecule has 1 aliphatic carbocycles. The van der Waals surface area contributed by atoms with E-state index in [4.69, 9.17) is 5.84 Å². The molecule has 1 unspecified atom stereocenters. The molecule has 0 spiro atoms. The van der Waals surface area contributed by atoms with Crippen LogP contribution < -0.4 is 16.0 Å². The molecule has 0 heterocycles. The van der Waals surface area contributed by atoms with E-state index >= 15 is 0 Å². The van der Waals surface area contributed by atoms with Crippen LogP contribution in [0, 0.1) is 19.8 Å². The predicted octanol–water partition coefficient (Wildman–Crippen LogP) is 2.06. The molecule has 1 aromatic rings. The Labute approximate surface area is 121 Å². The van der Waals surface area contributed by atoms with Gasteiger partial charge < -0.3 is 5.43 Å². The molecule has 6 heteroatoms. The minimum absolute atomic E-state index is 0.0291. The van der Waals surface area contributed by atoms with E-state index in [2.05, 4.69) is 10.1 Å². The third kappa shape index (κ3) is 3.50. The van der Waals surface area contributed by atoms with E-state index in [0.29, 0.717) is 27.6 Å². The first-order valence-corrected chi connectivity index (χ1v) is 8.42. The molecule has 1 saturated carbocycles. The van der Waals surface area contributed by atoms with Crippen molar-refractivity contribution in [1.82, 2.24) is 4.72 Å². The molecule has 1 aromatic carbocycles. The molecule has 0 aromatic heterocycles. The molecule has 5 nitrogen and oxygen atoms in total. The predicted molar refractivity (Wildman–Crippen MR) is 80.9 cm³/mol. The zero-order valence-corrected chi connectivity index (χ0v) is 13.0. The van der Waals surface area contributed by atoms with Crippen LogP contribution in [-0.2, 0) is 10.0 Å². The van der Waals surface area contributed by atoms with E-state index in [1.54, 1.807) is 26.0 Å². The number of benzene rings is 1. The Morgan fingerprint density at radius 3 is 2.30 bits per heavy atom. The number of hydrogen-bond donors (Lipinski definition) is 3. The molecular formula is C14H23N3O2S. The second-order valence-corrected chi connectivity index (χ2v) is 7.44. The summed E-state index contributed by atoms with van der Waals surface area (Å²) in [5.74, 6) is 6.07. The van der Waals surface area contributed by atoms with Gasteiger partial charge in [0.05, 0.1) is 4.90 Å². The summed E-state index contributed by atoms with van der Waals surface area (Å²) >= 11 is 0. The monoisotopic (exact) mass is 297 g/mol. The Morgan fingerprint density at radius 2 is 1.85 bits per heavy atom. The van der Waals surface area contributed by atoms with Crippen LogP contribution in [0.15, 0.2) is 17.0 Å². The van der Waals surface area contributed by atoms with E-state index in [-0.39, 0.29) is 6.04 Å². The molecule has 0 amide bonds. The van der Waals surface area contributed by atoms with E-state index in [1.807, 2.05) is 6.92 Å². The maximum absolute atomic E-state index is 12.5. The summed E-state index contributed by atoms with van der Waals surface area (Å²) in [5.41, 5.74) is 4.66. The third-order valence-corrected chi connectivity index (χ3v) is 5.53. The number of nitrogen functional groups attached to an aromatic ring is 1. The second kappa shape index (κ2) is 5.71. The number of nitrogens with one attached hydrogen (secondary N) is 2. The molecule has 0 aliphatic heterocycles. The lowest BCUT2D eigenvalue weighted by molar-refractivity contribution is 0.529. The lowest BCUT2D eigenvalue weighted by Gasteiger charge is -2.17. The summed E-state index contributed by atoms with van der Waals surface area (Å²) in [7, 11) is -3.48. The molecule has 2 rings (SSSR count). The van der Waals surface area contributed by atoms with Gasteiger partial charge in [-0.2, -0.15) is 0 Å². The van der Waals surface area contributed by atoms with Gasteiger partial charge in [0.15, 0.2) is 0 Å². The highest BCUT2D eigenvalue weighted by Crippen LogP contribution is 2.34. The number of anilines is 1. The quantitative estimate of drug-likeness (QED) is 0.554. The Kier molecular flexibility index (Phi) is 4.36. The molecule has 1 fully saturated rings. The molecule has 20 heavy (non-hydrogen) atoms. The van der Waals surface area contributed by atoms with Gasteiger partial charge in [-0.25, -0.2) is 13.1 Å². The van der Waals surface area contributed by atoms with Crippen molar-refractivity contribution in [2.75, 3.05) is 5.43 Å². The minimum atomic E-state index is -3.48. The molecule has 0 bridgehead atoms. The van der Waals surface area contributed by atoms with E-state index in [0.717, 1.165) is 6.42 Å². The fourth-order valence-corrected chi connectivity index (χ4v) is 4.39. The summed E-state index contributed by atoms with van der Waals surface area (Å²) in [4.78, 5) is 0.360. The van der Waals surface area contributed by atoms with Crippen molar-refractivity contribution in [1.29, 1.82) is 0 Å². The van der Waals surface area contributed by atoms with Crippen LogP contribution in [0.5, 0.6) is 0 Å². The minimum Gasteiger partial charge on any atom is -0.324 e. The second-order valence-electron chi connectivity index (χ2n) is 5.78. The van der Waals surface area contributed by atoms with Gasteiger partial charge in [-0.3, -0.25) is 5.84 Å². The Bertz CT molecular complexity index is 571. The Morgan fingerprint density at radius 1 is 1.30 bits per heavy atom. The van der Waals surface area contributed by atoms with Gasteiger partial charge in [0.1, 0.15) is 0 Å². The van der Waals surface area contributed by atoms with Crippen molar-refractivity contribution in [3.05, 3.63) is 23.3 Å². The maximum Gasteiger partial charge on any atom is 0.241 e. The van der Waals surface area contributed by atoms with Crippen molar-refractivity contribution in [2.24, 2.45) is 11.8 Å². The van der Waals surface area contributed by atoms with Gasteiger partial charge in [0.2, 0.25) is 10.0 Å². The Balaban J connectivity index is 2.24. The van der Waals surface area contributed by atoms with Crippen molar-refractivity contribution < 1.29 is 8.42 Å². The van der Waals surface area contributed by atoms with E-state index in [1.165, 1.54) is 12.8 Å². The zero-order chi connectivity index (χ0) is 14.9. The fourth-order valence-electron chi connectivity index (χ4n) is 2.68. The van der Waals surface area contributed by atoms with Crippen LogP contribution in [0.1, 0.15) is 37.3 Å². The van der Waals surface area contributed by atoms with E-state index in [9.17, 15) is 8.42 Å². The van der Waals surface area contributed by atoms with Crippen molar-refractivity contribution in [3.63, 3.8) is 0 Å².